The van der Waals surface area contributed by atoms with Crippen LogP contribution in [-0.2, 0) is 22.7 Å². The molecular weight excluding hydrogens is 430 g/mol. The largest absolute Gasteiger partial charge is 0.494 e. The molecule has 5 heteroatoms. The Labute approximate surface area is 199 Å². The van der Waals surface area contributed by atoms with Crippen molar-refractivity contribution < 1.29 is 13.2 Å². The lowest BCUT2D eigenvalue weighted by Gasteiger charge is -2.40. The molecular formula is C28H37NO3S. The summed E-state index contributed by atoms with van der Waals surface area (Å²) in [6.07, 6.45) is 7.51. The maximum atomic E-state index is 12.2. The SMILES string of the molecule is O=S(=O)(CCCOc1ccc2c(c1)[C@H](Cc1ccccc1)[C@H](CN1CCC1)CC2)CC1CC1. The van der Waals surface area contributed by atoms with Crippen LogP contribution in [0.3, 0.4) is 0 Å². The number of hydrogen-bond donors (Lipinski definition) is 0. The summed E-state index contributed by atoms with van der Waals surface area (Å²) in [6, 6.07) is 17.4. The van der Waals surface area contributed by atoms with E-state index < -0.39 is 9.84 Å². The fraction of sp³-hybridized carbons (Fsp3) is 0.571. The zero-order chi connectivity index (χ0) is 22.7. The van der Waals surface area contributed by atoms with Gasteiger partial charge in [0.05, 0.1) is 18.1 Å². The van der Waals surface area contributed by atoms with Gasteiger partial charge < -0.3 is 9.64 Å². The number of benzene rings is 2. The first-order valence-electron chi connectivity index (χ1n) is 12.8. The number of nitrogens with zero attached hydrogens (tertiary/aromatic N) is 1. The van der Waals surface area contributed by atoms with Crippen LogP contribution in [0.1, 0.15) is 54.7 Å². The fourth-order valence-corrected chi connectivity index (χ4v) is 7.26. The first-order valence-corrected chi connectivity index (χ1v) is 14.6. The highest BCUT2D eigenvalue weighted by Gasteiger charge is 2.32. The average Bonchev–Trinajstić information content (AvgIpc) is 3.59. The van der Waals surface area contributed by atoms with Gasteiger partial charge in [-0.1, -0.05) is 36.4 Å². The van der Waals surface area contributed by atoms with E-state index in [1.807, 2.05) is 0 Å². The van der Waals surface area contributed by atoms with Crippen LogP contribution in [0.5, 0.6) is 5.75 Å². The second-order valence-corrected chi connectivity index (χ2v) is 12.6. The van der Waals surface area contributed by atoms with Crippen molar-refractivity contribution in [3.63, 3.8) is 0 Å². The molecule has 0 spiro atoms. The summed E-state index contributed by atoms with van der Waals surface area (Å²) in [5.74, 6) is 3.08. The number of fused-ring (bicyclic) bond motifs is 1. The van der Waals surface area contributed by atoms with E-state index in [0.29, 0.717) is 36.5 Å². The molecule has 0 amide bonds. The van der Waals surface area contributed by atoms with E-state index in [1.165, 1.54) is 49.2 Å². The van der Waals surface area contributed by atoms with Crippen LogP contribution in [0.2, 0.25) is 0 Å². The van der Waals surface area contributed by atoms with E-state index in [4.69, 9.17) is 4.74 Å². The Kier molecular flexibility index (Phi) is 7.07. The highest BCUT2D eigenvalue weighted by molar-refractivity contribution is 7.91. The molecule has 1 saturated heterocycles. The van der Waals surface area contributed by atoms with E-state index in [2.05, 4.69) is 53.4 Å². The molecule has 178 valence electrons. The topological polar surface area (TPSA) is 46.6 Å². The van der Waals surface area contributed by atoms with E-state index in [0.717, 1.165) is 31.4 Å². The van der Waals surface area contributed by atoms with Crippen LogP contribution in [0, 0.1) is 11.8 Å². The summed E-state index contributed by atoms with van der Waals surface area (Å²) in [7, 11) is -2.93. The molecule has 0 unspecified atom stereocenters. The van der Waals surface area contributed by atoms with E-state index >= 15 is 0 Å². The molecule has 2 aliphatic carbocycles. The third-order valence-electron chi connectivity index (χ3n) is 7.67. The van der Waals surface area contributed by atoms with Gasteiger partial charge in [-0.05, 0) is 105 Å². The Morgan fingerprint density at radius 1 is 1.00 bits per heavy atom. The number of rotatable bonds is 11. The fourth-order valence-electron chi connectivity index (χ4n) is 5.49. The summed E-state index contributed by atoms with van der Waals surface area (Å²) < 4.78 is 30.4. The molecule has 0 bridgehead atoms. The minimum Gasteiger partial charge on any atom is -0.494 e. The molecule has 5 rings (SSSR count). The van der Waals surface area contributed by atoms with Crippen molar-refractivity contribution in [3.8, 4) is 5.75 Å². The maximum Gasteiger partial charge on any atom is 0.150 e. The number of sulfone groups is 1. The second-order valence-electron chi connectivity index (χ2n) is 10.4. The lowest BCUT2D eigenvalue weighted by molar-refractivity contribution is 0.134. The van der Waals surface area contributed by atoms with Crippen LogP contribution < -0.4 is 4.74 Å². The van der Waals surface area contributed by atoms with E-state index in [9.17, 15) is 8.42 Å². The molecule has 1 heterocycles. The minimum absolute atomic E-state index is 0.239. The molecule has 2 aromatic carbocycles. The first kappa shape index (κ1) is 22.9. The monoisotopic (exact) mass is 467 g/mol. The summed E-state index contributed by atoms with van der Waals surface area (Å²) >= 11 is 0. The number of likely N-dealkylation sites (tertiary alicyclic amines) is 1. The van der Waals surface area contributed by atoms with Gasteiger partial charge in [0.15, 0.2) is 9.84 Å². The van der Waals surface area contributed by atoms with Crippen molar-refractivity contribution in [1.82, 2.24) is 4.90 Å². The summed E-state index contributed by atoms with van der Waals surface area (Å²) in [5, 5.41) is 0. The van der Waals surface area contributed by atoms with Gasteiger partial charge in [0.2, 0.25) is 0 Å². The van der Waals surface area contributed by atoms with Crippen molar-refractivity contribution in [1.29, 1.82) is 0 Å². The third kappa shape index (κ3) is 6.19. The van der Waals surface area contributed by atoms with Crippen LogP contribution in [0.4, 0.5) is 0 Å². The Morgan fingerprint density at radius 3 is 2.55 bits per heavy atom. The molecule has 33 heavy (non-hydrogen) atoms. The quantitative estimate of drug-likeness (QED) is 0.442. The Morgan fingerprint density at radius 2 is 1.82 bits per heavy atom. The smallest absolute Gasteiger partial charge is 0.150 e. The van der Waals surface area contributed by atoms with Crippen molar-refractivity contribution in [2.75, 3.05) is 37.7 Å². The van der Waals surface area contributed by atoms with Gasteiger partial charge in [0.1, 0.15) is 5.75 Å². The average molecular weight is 468 g/mol. The van der Waals surface area contributed by atoms with E-state index in [-0.39, 0.29) is 5.75 Å². The van der Waals surface area contributed by atoms with Gasteiger partial charge in [-0.2, -0.15) is 0 Å². The van der Waals surface area contributed by atoms with Gasteiger partial charge in [0, 0.05) is 6.54 Å². The zero-order valence-electron chi connectivity index (χ0n) is 19.6. The van der Waals surface area contributed by atoms with Gasteiger partial charge in [-0.25, -0.2) is 8.42 Å². The van der Waals surface area contributed by atoms with Crippen molar-refractivity contribution in [2.24, 2.45) is 11.8 Å². The molecule has 2 atom stereocenters. The molecule has 0 N–H and O–H groups in total. The number of hydrogen-bond acceptors (Lipinski definition) is 4. The Balaban J connectivity index is 1.26. The van der Waals surface area contributed by atoms with Crippen molar-refractivity contribution in [2.45, 2.75) is 50.9 Å². The van der Waals surface area contributed by atoms with Crippen LogP contribution in [0.25, 0.3) is 0 Å². The molecule has 0 aromatic heterocycles. The summed E-state index contributed by atoms with van der Waals surface area (Å²) in [5.41, 5.74) is 4.29. The third-order valence-corrected chi connectivity index (χ3v) is 9.56. The number of ether oxygens (including phenoxy) is 1. The standard InChI is InChI=1S/C28H37NO3S/c30-33(31,21-23-8-9-23)17-5-16-32-26-13-12-24-10-11-25(20-29-14-4-15-29)27(28(24)19-26)18-22-6-2-1-3-7-22/h1-3,6-7,12-13,19,23,25,27H,4-5,8-11,14-18,20-21H2/t25-,27+/m0/s1. The summed E-state index contributed by atoms with van der Waals surface area (Å²) in [6.45, 7) is 4.15. The first-order chi connectivity index (χ1) is 16.1. The Bertz CT molecular complexity index is 1030. The predicted octanol–water partition coefficient (Wildman–Crippen LogP) is 4.87. The van der Waals surface area contributed by atoms with Crippen LogP contribution in [0.15, 0.2) is 48.5 Å². The molecule has 0 radical (unpaired) electrons. The van der Waals surface area contributed by atoms with Gasteiger partial charge in [-0.15, -0.1) is 0 Å². The highest BCUT2D eigenvalue weighted by Crippen LogP contribution is 2.41. The van der Waals surface area contributed by atoms with Crippen LogP contribution >= 0.6 is 0 Å². The molecule has 4 nitrogen and oxygen atoms in total. The number of aryl methyl sites for hydroxylation is 1. The molecule has 3 aliphatic rings. The second kappa shape index (κ2) is 10.2. The van der Waals surface area contributed by atoms with Crippen LogP contribution in [-0.4, -0.2) is 51.1 Å². The normalized spacial score (nSPS) is 23.0. The summed E-state index contributed by atoms with van der Waals surface area (Å²) in [4.78, 5) is 2.61. The molecule has 2 fully saturated rings. The molecule has 1 saturated carbocycles. The van der Waals surface area contributed by atoms with Crippen molar-refractivity contribution in [3.05, 3.63) is 65.2 Å². The highest BCUT2D eigenvalue weighted by atomic mass is 32.2. The molecule has 1 aliphatic heterocycles. The zero-order valence-corrected chi connectivity index (χ0v) is 20.4. The van der Waals surface area contributed by atoms with E-state index in [1.54, 1.807) is 0 Å². The molecule has 2 aromatic rings. The van der Waals surface area contributed by atoms with Crippen molar-refractivity contribution >= 4 is 9.84 Å². The van der Waals surface area contributed by atoms with Gasteiger partial charge >= 0.3 is 0 Å². The van der Waals surface area contributed by atoms with Gasteiger partial charge in [0.25, 0.3) is 0 Å². The lowest BCUT2D eigenvalue weighted by atomic mass is 9.72. The Hall–Kier alpha value is -1.85. The maximum absolute atomic E-state index is 12.2. The predicted molar refractivity (Wildman–Crippen MR) is 134 cm³/mol. The van der Waals surface area contributed by atoms with Gasteiger partial charge in [-0.3, -0.25) is 0 Å². The lowest BCUT2D eigenvalue weighted by Crippen LogP contribution is -2.43. The minimum atomic E-state index is -2.93.